The van der Waals surface area contributed by atoms with E-state index in [1.165, 1.54) is 35.1 Å². The van der Waals surface area contributed by atoms with Crippen LogP contribution < -0.4 is 10.6 Å². The van der Waals surface area contributed by atoms with Gasteiger partial charge in [0.1, 0.15) is 17.6 Å². The number of amides is 3. The van der Waals surface area contributed by atoms with Crippen LogP contribution in [-0.2, 0) is 16.0 Å². The van der Waals surface area contributed by atoms with Crippen LogP contribution in [0.4, 0.5) is 4.39 Å². The summed E-state index contributed by atoms with van der Waals surface area (Å²) in [6, 6.07) is 5.14. The van der Waals surface area contributed by atoms with Gasteiger partial charge in [-0.2, -0.15) is 0 Å². The summed E-state index contributed by atoms with van der Waals surface area (Å²) in [6.45, 7) is 6.93. The highest BCUT2D eigenvalue weighted by molar-refractivity contribution is 5.93. The topological polar surface area (TPSA) is 132 Å². The summed E-state index contributed by atoms with van der Waals surface area (Å²) in [5.74, 6) is -0.907. The number of fused-ring (bicyclic) bond motifs is 1. The third kappa shape index (κ3) is 7.37. The van der Waals surface area contributed by atoms with Crippen LogP contribution >= 0.6 is 0 Å². The van der Waals surface area contributed by atoms with Crippen molar-refractivity contribution < 1.29 is 23.9 Å². The van der Waals surface area contributed by atoms with Gasteiger partial charge in [0.25, 0.3) is 5.91 Å². The molecule has 3 aromatic rings. The highest BCUT2D eigenvalue weighted by atomic mass is 19.1. The van der Waals surface area contributed by atoms with Gasteiger partial charge in [0.05, 0.1) is 18.9 Å². The fourth-order valence-electron chi connectivity index (χ4n) is 5.09. The van der Waals surface area contributed by atoms with Crippen molar-refractivity contribution in [2.75, 3.05) is 33.2 Å². The minimum Gasteiger partial charge on any atom is -0.505 e. The molecule has 220 valence electrons. The molecule has 41 heavy (non-hydrogen) atoms. The van der Waals surface area contributed by atoms with Crippen molar-refractivity contribution in [3.8, 4) is 5.75 Å². The average molecular weight is 568 g/mol. The lowest BCUT2D eigenvalue weighted by atomic mass is 9.85. The molecule has 1 aliphatic heterocycles. The van der Waals surface area contributed by atoms with Gasteiger partial charge in [0.2, 0.25) is 17.6 Å². The molecular weight excluding hydrogens is 529 g/mol. The number of nitrogens with zero attached hydrogens (tertiary/aromatic N) is 5. The van der Waals surface area contributed by atoms with Crippen LogP contribution in [0, 0.1) is 11.2 Å². The fraction of sp³-hybridized carbons (Fsp3) is 0.483. The van der Waals surface area contributed by atoms with E-state index in [1.807, 2.05) is 20.8 Å². The highest BCUT2D eigenvalue weighted by Crippen LogP contribution is 2.27. The summed E-state index contributed by atoms with van der Waals surface area (Å²) in [5.41, 5.74) is 0.496. The number of carbonyl (C=O) groups is 3. The third-order valence-corrected chi connectivity index (χ3v) is 7.23. The van der Waals surface area contributed by atoms with Crippen LogP contribution in [0.5, 0.6) is 5.75 Å². The summed E-state index contributed by atoms with van der Waals surface area (Å²) < 4.78 is 14.9. The Labute approximate surface area is 238 Å². The molecule has 0 radical (unpaired) electrons. The Morgan fingerprint density at radius 2 is 1.93 bits per heavy atom. The molecule has 1 aliphatic rings. The van der Waals surface area contributed by atoms with Gasteiger partial charge in [-0.1, -0.05) is 32.9 Å². The number of likely N-dealkylation sites (tertiary alicyclic amines) is 1. The van der Waals surface area contributed by atoms with Gasteiger partial charge >= 0.3 is 0 Å². The number of halogens is 1. The molecule has 2 unspecified atom stereocenters. The molecule has 11 nitrogen and oxygen atoms in total. The van der Waals surface area contributed by atoms with Gasteiger partial charge in [-0.25, -0.2) is 14.4 Å². The Morgan fingerprint density at radius 3 is 2.61 bits per heavy atom. The number of hydrogen-bond acceptors (Lipinski definition) is 7. The number of rotatable bonds is 10. The molecule has 1 saturated heterocycles. The number of carbonyl (C=O) groups excluding carboxylic acids is 3. The Hall–Kier alpha value is -4.06. The number of nitrogens with one attached hydrogen (secondary N) is 2. The first-order valence-electron chi connectivity index (χ1n) is 13.8. The molecule has 0 bridgehead atoms. The smallest absolute Gasteiger partial charge is 0.274 e. The van der Waals surface area contributed by atoms with E-state index in [0.717, 1.165) is 12.0 Å². The second-order valence-corrected chi connectivity index (χ2v) is 11.5. The summed E-state index contributed by atoms with van der Waals surface area (Å²) in [5, 5.41) is 15.5. The first-order chi connectivity index (χ1) is 19.5. The predicted molar refractivity (Wildman–Crippen MR) is 151 cm³/mol. The Balaban J connectivity index is 1.57. The lowest BCUT2D eigenvalue weighted by Gasteiger charge is -2.37. The standard InChI is InChI=1S/C29H38FN7O4/c1-29(2,3)25(34-24(39)15-31-4)27(41)37-12-5-6-21(37)16-35(13-11-19-7-9-20(30)10-8-19)26(40)23-18-36-17-22(38)14-32-28(36)33-23/h7-10,14,17-18,21,25,31,38H,5-6,11-13,15-16H2,1-4H3,(H,34,39). The van der Waals surface area contributed by atoms with E-state index in [0.29, 0.717) is 25.9 Å². The van der Waals surface area contributed by atoms with Crippen molar-refractivity contribution in [1.29, 1.82) is 0 Å². The number of likely N-dealkylation sites (N-methyl/N-ethyl adjacent to an activating group) is 1. The zero-order chi connectivity index (χ0) is 29.7. The average Bonchev–Trinajstić information content (AvgIpc) is 3.56. The molecule has 4 rings (SSSR count). The normalized spacial score (nSPS) is 16.1. The van der Waals surface area contributed by atoms with Crippen molar-refractivity contribution in [2.24, 2.45) is 5.41 Å². The molecule has 1 aromatic carbocycles. The van der Waals surface area contributed by atoms with E-state index in [2.05, 4.69) is 20.6 Å². The number of aromatic hydroxyl groups is 1. The van der Waals surface area contributed by atoms with Gasteiger partial charge in [0.15, 0.2) is 5.75 Å². The summed E-state index contributed by atoms with van der Waals surface area (Å²) in [4.78, 5) is 51.9. The molecular formula is C29H38FN7O4. The molecule has 12 heteroatoms. The predicted octanol–water partition coefficient (Wildman–Crippen LogP) is 2.00. The highest BCUT2D eigenvalue weighted by Gasteiger charge is 2.40. The second kappa shape index (κ2) is 12.6. The van der Waals surface area contributed by atoms with Crippen LogP contribution in [0.3, 0.4) is 0 Å². The fourth-order valence-corrected chi connectivity index (χ4v) is 5.09. The van der Waals surface area contributed by atoms with E-state index >= 15 is 0 Å². The van der Waals surface area contributed by atoms with Crippen LogP contribution in [0.1, 0.15) is 49.7 Å². The lowest BCUT2D eigenvalue weighted by molar-refractivity contribution is -0.140. The van der Waals surface area contributed by atoms with E-state index < -0.39 is 11.5 Å². The first kappa shape index (κ1) is 29.9. The van der Waals surface area contributed by atoms with Crippen molar-refractivity contribution in [2.45, 2.75) is 52.1 Å². The number of imidazole rings is 1. The second-order valence-electron chi connectivity index (χ2n) is 11.5. The van der Waals surface area contributed by atoms with Crippen molar-refractivity contribution >= 4 is 23.5 Å². The molecule has 3 heterocycles. The molecule has 2 aromatic heterocycles. The van der Waals surface area contributed by atoms with Gasteiger partial charge < -0.3 is 25.5 Å². The zero-order valence-corrected chi connectivity index (χ0v) is 23.9. The van der Waals surface area contributed by atoms with Crippen LogP contribution in [0.25, 0.3) is 5.78 Å². The molecule has 0 aliphatic carbocycles. The van der Waals surface area contributed by atoms with Gasteiger partial charge in [0, 0.05) is 31.9 Å². The van der Waals surface area contributed by atoms with Gasteiger partial charge in [-0.3, -0.25) is 18.8 Å². The number of benzene rings is 1. The maximum atomic E-state index is 13.8. The summed E-state index contributed by atoms with van der Waals surface area (Å²) in [6.07, 6.45) is 6.14. The van der Waals surface area contributed by atoms with E-state index in [-0.39, 0.29) is 59.9 Å². The SMILES string of the molecule is CNCC(=O)NC(C(=O)N1CCCC1CN(CCc1ccc(F)cc1)C(=O)c1cn2cc(O)cnc2n1)C(C)(C)C. The Bertz CT molecular complexity index is 1390. The molecule has 0 spiro atoms. The third-order valence-electron chi connectivity index (χ3n) is 7.23. The Morgan fingerprint density at radius 1 is 1.20 bits per heavy atom. The molecule has 2 atom stereocenters. The quantitative estimate of drug-likeness (QED) is 0.341. The van der Waals surface area contributed by atoms with E-state index in [9.17, 15) is 23.9 Å². The Kier molecular flexibility index (Phi) is 9.21. The van der Waals surface area contributed by atoms with Crippen molar-refractivity contribution in [3.63, 3.8) is 0 Å². The maximum absolute atomic E-state index is 13.8. The van der Waals surface area contributed by atoms with Crippen LogP contribution in [0.15, 0.2) is 42.9 Å². The zero-order valence-electron chi connectivity index (χ0n) is 23.9. The molecule has 1 fully saturated rings. The van der Waals surface area contributed by atoms with Gasteiger partial charge in [-0.05, 0) is 49.4 Å². The van der Waals surface area contributed by atoms with E-state index in [4.69, 9.17) is 0 Å². The minimum atomic E-state index is -0.732. The number of hydrogen-bond donors (Lipinski definition) is 3. The lowest BCUT2D eigenvalue weighted by Crippen LogP contribution is -2.58. The maximum Gasteiger partial charge on any atom is 0.274 e. The minimum absolute atomic E-state index is 0.0580. The van der Waals surface area contributed by atoms with Crippen LogP contribution in [-0.4, -0.2) is 92.3 Å². The number of aromatic nitrogens is 3. The van der Waals surface area contributed by atoms with Gasteiger partial charge in [-0.15, -0.1) is 0 Å². The largest absolute Gasteiger partial charge is 0.505 e. The molecule has 3 N–H and O–H groups in total. The summed E-state index contributed by atoms with van der Waals surface area (Å²) in [7, 11) is 1.67. The van der Waals surface area contributed by atoms with E-state index in [1.54, 1.807) is 29.0 Å². The molecule has 0 saturated carbocycles. The monoisotopic (exact) mass is 567 g/mol. The first-order valence-corrected chi connectivity index (χ1v) is 13.8. The molecule has 3 amide bonds. The van der Waals surface area contributed by atoms with Crippen LogP contribution in [0.2, 0.25) is 0 Å². The summed E-state index contributed by atoms with van der Waals surface area (Å²) >= 11 is 0. The van der Waals surface area contributed by atoms with Crippen molar-refractivity contribution in [1.82, 2.24) is 34.8 Å². The van der Waals surface area contributed by atoms with Crippen molar-refractivity contribution in [3.05, 3.63) is 59.9 Å².